The predicted octanol–water partition coefficient (Wildman–Crippen LogP) is 2.37. The fraction of sp³-hybridized carbons (Fsp3) is 0.500. The number of nitrogens with zero attached hydrogens (tertiary/aromatic N) is 3. The number of nitrogens with one attached hydrogen (secondary N) is 2. The SMILES string of the molecule is CNC1CCN(c2n[nH]c(-c3ccc(Cl)s3)n2)CC1. The van der Waals surface area contributed by atoms with Crippen LogP contribution < -0.4 is 10.2 Å². The van der Waals surface area contributed by atoms with E-state index in [9.17, 15) is 0 Å². The molecular formula is C12H16ClN5S. The molecule has 1 aliphatic rings. The van der Waals surface area contributed by atoms with Crippen LogP contribution in [0.25, 0.3) is 10.7 Å². The molecule has 0 bridgehead atoms. The predicted molar refractivity (Wildman–Crippen MR) is 79.0 cm³/mol. The molecule has 0 radical (unpaired) electrons. The first-order valence-electron chi connectivity index (χ1n) is 6.36. The summed E-state index contributed by atoms with van der Waals surface area (Å²) in [6.45, 7) is 1.99. The van der Waals surface area contributed by atoms with Crippen molar-refractivity contribution >= 4 is 28.9 Å². The number of hydrogen-bond acceptors (Lipinski definition) is 5. The van der Waals surface area contributed by atoms with Crippen LogP contribution >= 0.6 is 22.9 Å². The number of piperidine rings is 1. The van der Waals surface area contributed by atoms with Crippen LogP contribution in [0.4, 0.5) is 5.95 Å². The molecule has 1 saturated heterocycles. The average Bonchev–Trinajstić information content (AvgIpc) is 3.07. The van der Waals surface area contributed by atoms with E-state index in [1.165, 1.54) is 11.3 Å². The van der Waals surface area contributed by atoms with Gasteiger partial charge in [-0.1, -0.05) is 11.6 Å². The van der Waals surface area contributed by atoms with E-state index in [4.69, 9.17) is 11.6 Å². The van der Waals surface area contributed by atoms with Gasteiger partial charge in [-0.3, -0.25) is 5.10 Å². The van der Waals surface area contributed by atoms with Crippen molar-refractivity contribution < 1.29 is 0 Å². The van der Waals surface area contributed by atoms with E-state index in [-0.39, 0.29) is 0 Å². The van der Waals surface area contributed by atoms with Crippen LogP contribution in [-0.2, 0) is 0 Å². The lowest BCUT2D eigenvalue weighted by Crippen LogP contribution is -2.41. The van der Waals surface area contributed by atoms with Crippen molar-refractivity contribution in [3.63, 3.8) is 0 Å². The molecule has 102 valence electrons. The lowest BCUT2D eigenvalue weighted by Gasteiger charge is -2.30. The molecule has 3 heterocycles. The van der Waals surface area contributed by atoms with Crippen molar-refractivity contribution in [3.05, 3.63) is 16.5 Å². The Morgan fingerprint density at radius 3 is 2.84 bits per heavy atom. The van der Waals surface area contributed by atoms with Gasteiger partial charge < -0.3 is 10.2 Å². The second kappa shape index (κ2) is 5.48. The van der Waals surface area contributed by atoms with Gasteiger partial charge in [-0.25, -0.2) is 0 Å². The minimum Gasteiger partial charge on any atom is -0.339 e. The smallest absolute Gasteiger partial charge is 0.245 e. The van der Waals surface area contributed by atoms with Crippen molar-refractivity contribution in [2.75, 3.05) is 25.0 Å². The molecule has 0 saturated carbocycles. The topological polar surface area (TPSA) is 56.8 Å². The fourth-order valence-corrected chi connectivity index (χ4v) is 3.30. The van der Waals surface area contributed by atoms with E-state index in [0.29, 0.717) is 6.04 Å². The van der Waals surface area contributed by atoms with Crippen LogP contribution in [0, 0.1) is 0 Å². The van der Waals surface area contributed by atoms with Crippen molar-refractivity contribution in [1.82, 2.24) is 20.5 Å². The van der Waals surface area contributed by atoms with Crippen LogP contribution in [0.15, 0.2) is 12.1 Å². The summed E-state index contributed by atoms with van der Waals surface area (Å²) in [7, 11) is 2.02. The Labute approximate surface area is 121 Å². The average molecular weight is 298 g/mol. The van der Waals surface area contributed by atoms with Crippen LogP contribution in [-0.4, -0.2) is 41.4 Å². The van der Waals surface area contributed by atoms with Gasteiger partial charge in [0.25, 0.3) is 0 Å². The minimum absolute atomic E-state index is 0.616. The maximum atomic E-state index is 5.94. The first-order chi connectivity index (χ1) is 9.26. The summed E-state index contributed by atoms with van der Waals surface area (Å²) in [6, 6.07) is 4.46. The summed E-state index contributed by atoms with van der Waals surface area (Å²) in [5, 5.41) is 10.6. The number of hydrogen-bond donors (Lipinski definition) is 2. The highest BCUT2D eigenvalue weighted by Crippen LogP contribution is 2.29. The number of aromatic nitrogens is 3. The number of H-pyrrole nitrogens is 1. The molecule has 2 N–H and O–H groups in total. The van der Waals surface area contributed by atoms with Gasteiger partial charge in [-0.2, -0.15) is 4.98 Å². The molecule has 2 aromatic heterocycles. The molecule has 3 rings (SSSR count). The van der Waals surface area contributed by atoms with E-state index in [1.807, 2.05) is 19.2 Å². The quantitative estimate of drug-likeness (QED) is 0.913. The highest BCUT2D eigenvalue weighted by Gasteiger charge is 2.21. The van der Waals surface area contributed by atoms with Crippen LogP contribution in [0.2, 0.25) is 4.34 Å². The first-order valence-corrected chi connectivity index (χ1v) is 7.56. The normalized spacial score (nSPS) is 17.1. The van der Waals surface area contributed by atoms with Crippen LogP contribution in [0.3, 0.4) is 0 Å². The van der Waals surface area contributed by atoms with Crippen LogP contribution in [0.1, 0.15) is 12.8 Å². The Morgan fingerprint density at radius 2 is 2.21 bits per heavy atom. The Balaban J connectivity index is 1.72. The van der Waals surface area contributed by atoms with Gasteiger partial charge >= 0.3 is 0 Å². The summed E-state index contributed by atoms with van der Waals surface area (Å²) in [5.74, 6) is 1.58. The highest BCUT2D eigenvalue weighted by atomic mass is 35.5. The molecule has 0 aromatic carbocycles. The Morgan fingerprint density at radius 1 is 1.42 bits per heavy atom. The van der Waals surface area contributed by atoms with Gasteiger partial charge in [0.2, 0.25) is 5.95 Å². The van der Waals surface area contributed by atoms with Crippen molar-refractivity contribution in [3.8, 4) is 10.7 Å². The Bertz CT molecular complexity index is 544. The Hall–Kier alpha value is -1.11. The molecule has 19 heavy (non-hydrogen) atoms. The van der Waals surface area contributed by atoms with E-state index < -0.39 is 0 Å². The van der Waals surface area contributed by atoms with E-state index in [1.54, 1.807) is 0 Å². The number of anilines is 1. The molecule has 7 heteroatoms. The van der Waals surface area contributed by atoms with Crippen molar-refractivity contribution in [2.45, 2.75) is 18.9 Å². The minimum atomic E-state index is 0.616. The number of aromatic amines is 1. The first kappa shape index (κ1) is 12.9. The van der Waals surface area contributed by atoms with Gasteiger partial charge in [-0.15, -0.1) is 16.4 Å². The fourth-order valence-electron chi connectivity index (χ4n) is 2.31. The maximum Gasteiger partial charge on any atom is 0.245 e. The zero-order valence-electron chi connectivity index (χ0n) is 10.7. The van der Waals surface area contributed by atoms with Gasteiger partial charge in [0.05, 0.1) is 9.21 Å². The van der Waals surface area contributed by atoms with Gasteiger partial charge in [0.1, 0.15) is 0 Å². The monoisotopic (exact) mass is 297 g/mol. The summed E-state index contributed by atoms with van der Waals surface area (Å²) in [5.41, 5.74) is 0. The van der Waals surface area contributed by atoms with Gasteiger partial charge in [0.15, 0.2) is 5.82 Å². The number of halogens is 1. The molecule has 0 aliphatic carbocycles. The largest absolute Gasteiger partial charge is 0.339 e. The third-order valence-corrected chi connectivity index (χ3v) is 4.70. The summed E-state index contributed by atoms with van der Waals surface area (Å²) >= 11 is 7.44. The third kappa shape index (κ3) is 2.75. The molecule has 2 aromatic rings. The zero-order valence-corrected chi connectivity index (χ0v) is 12.3. The van der Waals surface area contributed by atoms with Crippen molar-refractivity contribution in [2.24, 2.45) is 0 Å². The zero-order chi connectivity index (χ0) is 13.2. The second-order valence-corrected chi connectivity index (χ2v) is 6.35. The molecule has 5 nitrogen and oxygen atoms in total. The van der Waals surface area contributed by atoms with Crippen LogP contribution in [0.5, 0.6) is 0 Å². The Kier molecular flexibility index (Phi) is 3.72. The van der Waals surface area contributed by atoms with E-state index in [0.717, 1.165) is 46.9 Å². The lowest BCUT2D eigenvalue weighted by molar-refractivity contribution is 0.439. The summed E-state index contributed by atoms with van der Waals surface area (Å²) in [4.78, 5) is 7.81. The van der Waals surface area contributed by atoms with E-state index in [2.05, 4.69) is 25.4 Å². The molecular weight excluding hydrogens is 282 g/mol. The molecule has 1 fully saturated rings. The highest BCUT2D eigenvalue weighted by molar-refractivity contribution is 7.19. The summed E-state index contributed by atoms with van der Waals surface area (Å²) < 4.78 is 0.766. The molecule has 0 amide bonds. The second-order valence-electron chi connectivity index (χ2n) is 4.64. The van der Waals surface area contributed by atoms with E-state index >= 15 is 0 Å². The molecule has 1 aliphatic heterocycles. The molecule has 0 atom stereocenters. The standard InChI is InChI=1S/C12H16ClN5S/c1-14-8-4-6-18(7-5-8)12-15-11(16-17-12)9-2-3-10(13)19-9/h2-3,8,14H,4-7H2,1H3,(H,15,16,17). The number of thiophene rings is 1. The molecule has 0 spiro atoms. The summed E-state index contributed by atoms with van der Waals surface area (Å²) in [6.07, 6.45) is 2.26. The van der Waals surface area contributed by atoms with Gasteiger partial charge in [-0.05, 0) is 32.0 Å². The lowest BCUT2D eigenvalue weighted by atomic mass is 10.1. The number of rotatable bonds is 3. The maximum absolute atomic E-state index is 5.94. The molecule has 0 unspecified atom stereocenters. The third-order valence-electron chi connectivity index (χ3n) is 3.47. The van der Waals surface area contributed by atoms with Gasteiger partial charge in [0, 0.05) is 19.1 Å². The van der Waals surface area contributed by atoms with Crippen molar-refractivity contribution in [1.29, 1.82) is 0 Å².